The van der Waals surface area contributed by atoms with Gasteiger partial charge in [-0.3, -0.25) is 9.11 Å². The van der Waals surface area contributed by atoms with Gasteiger partial charge in [-0.15, -0.1) is 0 Å². The number of nitrogens with zero attached hydrogens (tertiary/aromatic N) is 2. The monoisotopic (exact) mass is 582 g/mol. The normalized spacial score (nSPS) is 11.9. The molecule has 2 aromatic rings. The van der Waals surface area contributed by atoms with E-state index in [1.165, 1.54) is 6.07 Å². The molecule has 39 heavy (non-hydrogen) atoms. The Labute approximate surface area is 250 Å². The summed E-state index contributed by atoms with van der Waals surface area (Å²) in [5, 5.41) is 1.50. The van der Waals surface area contributed by atoms with Gasteiger partial charge in [-0.25, -0.2) is 4.58 Å². The molecule has 12 heteroatoms. The molecule has 0 bridgehead atoms. The Morgan fingerprint density at radius 2 is 1.44 bits per heavy atom. The Hall–Kier alpha value is -2.25. The Morgan fingerprint density at radius 1 is 0.795 bits per heavy atom. The van der Waals surface area contributed by atoms with Crippen molar-refractivity contribution in [1.82, 2.24) is 4.58 Å². The molecule has 0 saturated heterocycles. The van der Waals surface area contributed by atoms with Gasteiger partial charge in [0.05, 0.1) is 11.0 Å². The maximum Gasteiger partial charge on any atom is 1.00 e. The summed E-state index contributed by atoms with van der Waals surface area (Å²) in [6.45, 7) is 11.3. The van der Waals surface area contributed by atoms with Crippen LogP contribution in [0.3, 0.4) is 0 Å². The molecule has 0 spiro atoms. The number of rotatable bonds is 8. The molecule has 9 nitrogen and oxygen atoms in total. The zero-order chi connectivity index (χ0) is 27.8. The third-order valence-electron chi connectivity index (χ3n) is 6.74. The number of fused-ring (bicyclic) bond motifs is 2. The van der Waals surface area contributed by atoms with Gasteiger partial charge in [0, 0.05) is 53.0 Å². The van der Waals surface area contributed by atoms with E-state index in [0.29, 0.717) is 27.9 Å². The first-order valence-corrected chi connectivity index (χ1v) is 15.2. The van der Waals surface area contributed by atoms with E-state index < -0.39 is 30.0 Å². The smallest absolute Gasteiger partial charge is 0.456 e. The molecule has 2 aromatic carbocycles. The van der Waals surface area contributed by atoms with Gasteiger partial charge in [0.2, 0.25) is 5.36 Å². The van der Waals surface area contributed by atoms with Crippen LogP contribution >= 0.6 is 0 Å². The summed E-state index contributed by atoms with van der Waals surface area (Å²) in [7, 11) is -9.60. The van der Waals surface area contributed by atoms with E-state index in [0.717, 1.165) is 49.4 Å². The van der Waals surface area contributed by atoms with Crippen LogP contribution in [0, 0.1) is 0 Å². The predicted molar refractivity (Wildman–Crippen MR) is 148 cm³/mol. The van der Waals surface area contributed by atoms with Crippen molar-refractivity contribution in [2.45, 2.75) is 37.5 Å². The van der Waals surface area contributed by atoms with E-state index in [9.17, 15) is 25.9 Å². The van der Waals surface area contributed by atoms with Crippen LogP contribution < -0.4 is 44.4 Å². The van der Waals surface area contributed by atoms with Crippen molar-refractivity contribution >= 4 is 36.9 Å². The zero-order valence-electron chi connectivity index (χ0n) is 22.7. The average Bonchev–Trinajstić information content (AvgIpc) is 2.87. The molecule has 202 valence electrons. The summed E-state index contributed by atoms with van der Waals surface area (Å²) in [5.41, 5.74) is 2.53. The van der Waals surface area contributed by atoms with E-state index in [-0.39, 0.29) is 35.1 Å². The summed E-state index contributed by atoms with van der Waals surface area (Å²) in [5.74, 6) is 0.494. The van der Waals surface area contributed by atoms with Crippen LogP contribution in [0.5, 0.6) is 0 Å². The second-order valence-corrected chi connectivity index (χ2v) is 11.6. The van der Waals surface area contributed by atoms with Crippen LogP contribution in [-0.2, 0) is 20.2 Å². The zero-order valence-corrected chi connectivity index (χ0v) is 26.3. The Bertz CT molecular complexity index is 1770. The predicted octanol–water partition coefficient (Wildman–Crippen LogP) is 1.36. The first kappa shape index (κ1) is 31.3. The van der Waals surface area contributed by atoms with Crippen LogP contribution in [0.4, 0.5) is 5.69 Å². The van der Waals surface area contributed by atoms with Gasteiger partial charge in [0.25, 0.3) is 20.2 Å². The van der Waals surface area contributed by atoms with Crippen LogP contribution in [0.15, 0.2) is 68.8 Å². The van der Waals surface area contributed by atoms with Gasteiger partial charge in [0.1, 0.15) is 29.3 Å². The van der Waals surface area contributed by atoms with Crippen molar-refractivity contribution in [2.24, 2.45) is 0 Å². The number of hydrogen-bond acceptors (Lipinski definition) is 6. The molecule has 1 aliphatic carbocycles. The van der Waals surface area contributed by atoms with Crippen molar-refractivity contribution < 1.29 is 59.9 Å². The fourth-order valence-electron chi connectivity index (χ4n) is 4.81. The molecule has 1 heterocycles. The molecule has 0 unspecified atom stereocenters. The molecule has 1 aliphatic heterocycles. The summed E-state index contributed by atoms with van der Waals surface area (Å²) in [6.07, 6.45) is 0. The number of anilines is 1. The van der Waals surface area contributed by atoms with Crippen LogP contribution in [-0.4, -0.2) is 52.1 Å². The maximum absolute atomic E-state index is 12.5. The minimum Gasteiger partial charge on any atom is -0.456 e. The molecule has 0 amide bonds. The molecular weight excluding hydrogens is 551 g/mol. The first-order valence-electron chi connectivity index (χ1n) is 12.4. The van der Waals surface area contributed by atoms with Gasteiger partial charge in [-0.1, -0.05) is 6.07 Å². The van der Waals surface area contributed by atoms with Crippen molar-refractivity contribution in [1.29, 1.82) is 0 Å². The third-order valence-corrected chi connectivity index (χ3v) is 8.49. The Balaban J connectivity index is 0.00000420. The van der Waals surface area contributed by atoms with Crippen LogP contribution in [0.2, 0.25) is 0 Å². The van der Waals surface area contributed by atoms with Crippen molar-refractivity contribution in [2.75, 3.05) is 31.1 Å². The van der Waals surface area contributed by atoms with Gasteiger partial charge < -0.3 is 9.32 Å². The second-order valence-electron chi connectivity index (χ2n) is 8.79. The first-order chi connectivity index (χ1) is 17.9. The molecule has 4 rings (SSSR count). The largest absolute Gasteiger partial charge is 1.00 e. The number of hydrogen-bond donors (Lipinski definition) is 2. The Kier molecular flexibility index (Phi) is 9.70. The van der Waals surface area contributed by atoms with Crippen molar-refractivity contribution in [3.63, 3.8) is 0 Å². The molecule has 0 fully saturated rings. The maximum atomic E-state index is 12.5. The van der Waals surface area contributed by atoms with Gasteiger partial charge in [0.15, 0.2) is 0 Å². The van der Waals surface area contributed by atoms with E-state index in [1.54, 1.807) is 0 Å². The molecule has 2 aliphatic rings. The summed E-state index contributed by atoms with van der Waals surface area (Å²) in [4.78, 5) is 0.869. The van der Waals surface area contributed by atoms with Gasteiger partial charge in [-0.2, -0.15) is 16.8 Å². The van der Waals surface area contributed by atoms with Crippen molar-refractivity contribution in [3.8, 4) is 22.5 Å². The quantitative estimate of drug-likeness (QED) is 0.138. The molecular formula is C27H31N2NaO7S2+2. The van der Waals surface area contributed by atoms with Crippen LogP contribution in [0.25, 0.3) is 33.4 Å². The molecule has 2 N–H and O–H groups in total. The minimum absolute atomic E-state index is 0. The van der Waals surface area contributed by atoms with Gasteiger partial charge in [-0.05, 0) is 58.0 Å². The summed E-state index contributed by atoms with van der Waals surface area (Å²) < 4.78 is 76.6. The Morgan fingerprint density at radius 3 is 2.00 bits per heavy atom. The fraction of sp³-hybridized carbons (Fsp3) is 0.296. The summed E-state index contributed by atoms with van der Waals surface area (Å²) in [6, 6.07) is 14.4. The molecule has 0 saturated carbocycles. The van der Waals surface area contributed by atoms with Gasteiger partial charge >= 0.3 is 29.6 Å². The van der Waals surface area contributed by atoms with Crippen LogP contribution in [0.1, 0.15) is 27.7 Å². The van der Waals surface area contributed by atoms with Crippen molar-refractivity contribution in [3.05, 3.63) is 60.0 Å². The van der Waals surface area contributed by atoms with E-state index in [1.807, 2.05) is 64.1 Å². The fourth-order valence-corrected chi connectivity index (χ4v) is 6.12. The van der Waals surface area contributed by atoms with E-state index >= 15 is 0 Å². The third kappa shape index (κ3) is 6.25. The summed E-state index contributed by atoms with van der Waals surface area (Å²) >= 11 is 0. The van der Waals surface area contributed by atoms with E-state index in [4.69, 9.17) is 4.42 Å². The second kappa shape index (κ2) is 12.1. The topological polar surface area (TPSA) is 128 Å². The minimum atomic E-state index is -4.88. The molecule has 0 radical (unpaired) electrons. The standard InChI is InChI=1S/C27H30N2O7S2.Na/c1-5-28(6-2)18-9-12-21-24(15-18)36-25-16-19(29(7-3)8-4)10-13-22(25)27(21)23-14-11-20(37(30,31)32)17-26(23)38(33,34)35;/h9-17H,5-8H2,1-4H3,(H-,30,31,32,33,34,35);/q;+1/p+1. The van der Waals surface area contributed by atoms with E-state index in [2.05, 4.69) is 9.48 Å². The molecule has 0 atom stereocenters. The number of benzene rings is 3. The molecule has 0 aromatic heterocycles. The average molecular weight is 583 g/mol. The SMILES string of the molecule is CCN(CC)c1ccc2c(-c3ccc(S(=O)(=O)O)cc3S(=O)(=O)O)c3ccc(=[N+](CC)CC)cc-3oc2c1.[Na+].